The number of hydrogen-bond acceptors (Lipinski definition) is 6. The first-order valence-electron chi connectivity index (χ1n) is 9.30. The van der Waals surface area contributed by atoms with Crippen LogP contribution < -0.4 is 19.5 Å². The Balaban J connectivity index is 2.04. The van der Waals surface area contributed by atoms with Gasteiger partial charge >= 0.3 is 0 Å². The van der Waals surface area contributed by atoms with Gasteiger partial charge in [-0.2, -0.15) is 0 Å². The van der Waals surface area contributed by atoms with Gasteiger partial charge in [0, 0.05) is 23.9 Å². The first-order chi connectivity index (χ1) is 13.8. The topological polar surface area (TPSA) is 82.6 Å². The standard InChI is InChI=1S/C22H25N3O4/c1-12(2)29-22-20(24-18-7-13(3)14(4)8-19(18)25-22)21(26)23-15-9-16(27-5)11-17(10-15)28-6/h7-12H,1-6H3,(H,23,26). The summed E-state index contributed by atoms with van der Waals surface area (Å²) >= 11 is 0. The van der Waals surface area contributed by atoms with Crippen LogP contribution in [0.2, 0.25) is 0 Å². The van der Waals surface area contributed by atoms with Gasteiger partial charge in [0.15, 0.2) is 5.69 Å². The second kappa shape index (κ2) is 8.34. The fraction of sp³-hybridized carbons (Fsp3) is 0.318. The number of aryl methyl sites for hydroxylation is 2. The minimum atomic E-state index is -0.427. The number of rotatable bonds is 6. The Hall–Kier alpha value is -3.35. The second-order valence-corrected chi connectivity index (χ2v) is 7.02. The molecule has 0 atom stereocenters. The third-order valence-corrected chi connectivity index (χ3v) is 4.42. The van der Waals surface area contributed by atoms with Crippen LogP contribution in [-0.4, -0.2) is 36.2 Å². The van der Waals surface area contributed by atoms with E-state index < -0.39 is 5.91 Å². The molecule has 29 heavy (non-hydrogen) atoms. The Bertz CT molecular complexity index is 1040. The summed E-state index contributed by atoms with van der Waals surface area (Å²) in [7, 11) is 3.10. The van der Waals surface area contributed by atoms with Crippen LogP contribution in [0.4, 0.5) is 5.69 Å². The second-order valence-electron chi connectivity index (χ2n) is 7.02. The number of nitrogens with zero attached hydrogens (tertiary/aromatic N) is 2. The summed E-state index contributed by atoms with van der Waals surface area (Å²) in [5.74, 6) is 0.898. The van der Waals surface area contributed by atoms with Gasteiger partial charge in [0.05, 0.1) is 31.4 Å². The molecule has 0 aliphatic rings. The van der Waals surface area contributed by atoms with Gasteiger partial charge in [-0.15, -0.1) is 0 Å². The molecule has 1 N–H and O–H groups in total. The fourth-order valence-electron chi connectivity index (χ4n) is 2.82. The van der Waals surface area contributed by atoms with Crippen molar-refractivity contribution >= 4 is 22.6 Å². The lowest BCUT2D eigenvalue weighted by atomic mass is 10.1. The molecule has 3 aromatic rings. The Kier molecular flexibility index (Phi) is 5.87. The maximum atomic E-state index is 13.0. The van der Waals surface area contributed by atoms with Crippen molar-refractivity contribution in [3.05, 3.63) is 47.2 Å². The number of benzene rings is 2. The smallest absolute Gasteiger partial charge is 0.279 e. The van der Waals surface area contributed by atoms with Crippen molar-refractivity contribution in [2.45, 2.75) is 33.8 Å². The molecule has 7 heteroatoms. The largest absolute Gasteiger partial charge is 0.497 e. The summed E-state index contributed by atoms with van der Waals surface area (Å²) in [6, 6.07) is 8.99. The van der Waals surface area contributed by atoms with Gasteiger partial charge in [0.2, 0.25) is 5.88 Å². The molecule has 0 saturated carbocycles. The number of methoxy groups -OCH3 is 2. The maximum absolute atomic E-state index is 13.0. The zero-order valence-corrected chi connectivity index (χ0v) is 17.5. The van der Waals surface area contributed by atoms with E-state index in [1.54, 1.807) is 32.4 Å². The summed E-state index contributed by atoms with van der Waals surface area (Å²) < 4.78 is 16.3. The molecular formula is C22H25N3O4. The molecular weight excluding hydrogens is 370 g/mol. The quantitative estimate of drug-likeness (QED) is 0.670. The van der Waals surface area contributed by atoms with Crippen LogP contribution in [0.25, 0.3) is 11.0 Å². The molecule has 1 amide bonds. The number of carbonyl (C=O) groups excluding carboxylic acids is 1. The van der Waals surface area contributed by atoms with Crippen molar-refractivity contribution in [2.75, 3.05) is 19.5 Å². The lowest BCUT2D eigenvalue weighted by Crippen LogP contribution is -2.19. The predicted molar refractivity (Wildman–Crippen MR) is 112 cm³/mol. The first-order valence-corrected chi connectivity index (χ1v) is 9.30. The number of nitrogens with one attached hydrogen (secondary N) is 1. The van der Waals surface area contributed by atoms with E-state index in [9.17, 15) is 4.79 Å². The summed E-state index contributed by atoms with van der Waals surface area (Å²) in [5.41, 5.74) is 4.14. The number of ether oxygens (including phenoxy) is 3. The lowest BCUT2D eigenvalue weighted by molar-refractivity contribution is 0.101. The van der Waals surface area contributed by atoms with Gasteiger partial charge in [-0.25, -0.2) is 9.97 Å². The highest BCUT2D eigenvalue weighted by atomic mass is 16.5. The SMILES string of the molecule is COc1cc(NC(=O)c2nc3cc(C)c(C)cc3nc2OC(C)C)cc(OC)c1. The number of aromatic nitrogens is 2. The van der Waals surface area contributed by atoms with Crippen LogP contribution in [0.1, 0.15) is 35.5 Å². The Morgan fingerprint density at radius 2 is 1.45 bits per heavy atom. The van der Waals surface area contributed by atoms with Crippen LogP contribution in [0.3, 0.4) is 0 Å². The molecule has 7 nitrogen and oxygen atoms in total. The van der Waals surface area contributed by atoms with Crippen LogP contribution >= 0.6 is 0 Å². The molecule has 1 heterocycles. The average molecular weight is 395 g/mol. The first kappa shape index (κ1) is 20.4. The van der Waals surface area contributed by atoms with E-state index in [1.165, 1.54) is 0 Å². The van der Waals surface area contributed by atoms with Crippen LogP contribution in [0, 0.1) is 13.8 Å². The van der Waals surface area contributed by atoms with E-state index in [-0.39, 0.29) is 17.7 Å². The van der Waals surface area contributed by atoms with Gasteiger partial charge < -0.3 is 19.5 Å². The number of carbonyl (C=O) groups is 1. The molecule has 0 aliphatic carbocycles. The Morgan fingerprint density at radius 3 is 1.97 bits per heavy atom. The number of fused-ring (bicyclic) bond motifs is 1. The van der Waals surface area contributed by atoms with Crippen molar-refractivity contribution in [2.24, 2.45) is 0 Å². The molecule has 0 aliphatic heterocycles. The number of hydrogen-bond donors (Lipinski definition) is 1. The molecule has 152 valence electrons. The van der Waals surface area contributed by atoms with Crippen molar-refractivity contribution in [3.63, 3.8) is 0 Å². The van der Waals surface area contributed by atoms with E-state index in [2.05, 4.69) is 15.3 Å². The summed E-state index contributed by atoms with van der Waals surface area (Å²) in [4.78, 5) is 22.1. The van der Waals surface area contributed by atoms with Crippen molar-refractivity contribution in [1.29, 1.82) is 0 Å². The van der Waals surface area contributed by atoms with E-state index in [4.69, 9.17) is 14.2 Å². The van der Waals surface area contributed by atoms with Crippen molar-refractivity contribution in [3.8, 4) is 17.4 Å². The fourth-order valence-corrected chi connectivity index (χ4v) is 2.82. The highest BCUT2D eigenvalue weighted by molar-refractivity contribution is 6.05. The highest BCUT2D eigenvalue weighted by Crippen LogP contribution is 2.28. The molecule has 1 aromatic heterocycles. The van der Waals surface area contributed by atoms with Crippen molar-refractivity contribution < 1.29 is 19.0 Å². The van der Waals surface area contributed by atoms with Crippen LogP contribution in [0.5, 0.6) is 17.4 Å². The highest BCUT2D eigenvalue weighted by Gasteiger charge is 2.20. The zero-order chi connectivity index (χ0) is 21.1. The molecule has 0 radical (unpaired) electrons. The molecule has 0 saturated heterocycles. The summed E-state index contributed by atoms with van der Waals surface area (Å²) in [6.45, 7) is 7.76. The Labute approximate surface area is 170 Å². The van der Waals surface area contributed by atoms with E-state index in [1.807, 2.05) is 39.8 Å². The molecule has 0 fully saturated rings. The number of anilines is 1. The maximum Gasteiger partial charge on any atom is 0.279 e. The minimum absolute atomic E-state index is 0.122. The third-order valence-electron chi connectivity index (χ3n) is 4.42. The summed E-state index contributed by atoms with van der Waals surface area (Å²) in [6.07, 6.45) is -0.156. The lowest BCUT2D eigenvalue weighted by Gasteiger charge is -2.15. The monoisotopic (exact) mass is 395 g/mol. The molecule has 2 aromatic carbocycles. The van der Waals surface area contributed by atoms with E-state index in [0.717, 1.165) is 11.1 Å². The van der Waals surface area contributed by atoms with Gasteiger partial charge in [0.25, 0.3) is 5.91 Å². The molecule has 0 spiro atoms. The summed E-state index contributed by atoms with van der Waals surface area (Å²) in [5, 5.41) is 2.83. The average Bonchev–Trinajstić information content (AvgIpc) is 2.67. The van der Waals surface area contributed by atoms with Gasteiger partial charge in [0.1, 0.15) is 11.5 Å². The van der Waals surface area contributed by atoms with Gasteiger partial charge in [-0.05, 0) is 51.0 Å². The third kappa shape index (κ3) is 4.56. The van der Waals surface area contributed by atoms with E-state index in [0.29, 0.717) is 28.2 Å². The van der Waals surface area contributed by atoms with Gasteiger partial charge in [-0.3, -0.25) is 4.79 Å². The Morgan fingerprint density at radius 1 is 0.897 bits per heavy atom. The van der Waals surface area contributed by atoms with Gasteiger partial charge in [-0.1, -0.05) is 0 Å². The van der Waals surface area contributed by atoms with Crippen LogP contribution in [-0.2, 0) is 0 Å². The van der Waals surface area contributed by atoms with Crippen LogP contribution in [0.15, 0.2) is 30.3 Å². The predicted octanol–water partition coefficient (Wildman–Crippen LogP) is 4.30. The van der Waals surface area contributed by atoms with Crippen molar-refractivity contribution in [1.82, 2.24) is 9.97 Å². The van der Waals surface area contributed by atoms with E-state index >= 15 is 0 Å². The number of amides is 1. The molecule has 0 bridgehead atoms. The normalized spacial score (nSPS) is 10.9. The molecule has 3 rings (SSSR count). The zero-order valence-electron chi connectivity index (χ0n) is 17.5. The minimum Gasteiger partial charge on any atom is -0.497 e. The molecule has 0 unspecified atom stereocenters.